The predicted molar refractivity (Wildman–Crippen MR) is 131 cm³/mol. The van der Waals surface area contributed by atoms with Gasteiger partial charge in [-0.2, -0.15) is 0 Å². The van der Waals surface area contributed by atoms with Crippen molar-refractivity contribution in [1.29, 1.82) is 0 Å². The van der Waals surface area contributed by atoms with E-state index in [0.29, 0.717) is 18.0 Å². The fourth-order valence-corrected chi connectivity index (χ4v) is 3.54. The van der Waals surface area contributed by atoms with Crippen LogP contribution in [0.2, 0.25) is 0 Å². The Morgan fingerprint density at radius 2 is 1.59 bits per heavy atom. The lowest BCUT2D eigenvalue weighted by atomic mass is 10.1. The van der Waals surface area contributed by atoms with Gasteiger partial charge in [-0.3, -0.25) is 9.69 Å². The van der Waals surface area contributed by atoms with E-state index in [1.165, 1.54) is 5.56 Å². The van der Waals surface area contributed by atoms with Crippen LogP contribution in [0.1, 0.15) is 23.7 Å². The Balaban J connectivity index is 1.60. The number of anilines is 1. The Morgan fingerprint density at radius 3 is 2.31 bits per heavy atom. The van der Waals surface area contributed by atoms with Crippen molar-refractivity contribution in [2.45, 2.75) is 18.9 Å². The van der Waals surface area contributed by atoms with Gasteiger partial charge in [0.2, 0.25) is 5.91 Å². The molecule has 168 valence electrons. The molecule has 32 heavy (non-hydrogen) atoms. The van der Waals surface area contributed by atoms with E-state index < -0.39 is 0 Å². The van der Waals surface area contributed by atoms with Gasteiger partial charge < -0.3 is 15.4 Å². The summed E-state index contributed by atoms with van der Waals surface area (Å²) in [5, 5.41) is 6.22. The van der Waals surface area contributed by atoms with Crippen LogP contribution in [-0.4, -0.2) is 44.5 Å². The van der Waals surface area contributed by atoms with Crippen molar-refractivity contribution >= 4 is 11.6 Å². The first-order valence-electron chi connectivity index (χ1n) is 11.1. The summed E-state index contributed by atoms with van der Waals surface area (Å²) in [7, 11) is 3.90. The molecule has 3 aromatic carbocycles. The van der Waals surface area contributed by atoms with Gasteiger partial charge in [0.25, 0.3) is 0 Å². The minimum atomic E-state index is -0.102. The molecule has 1 unspecified atom stereocenters. The van der Waals surface area contributed by atoms with Gasteiger partial charge in [0.05, 0.1) is 12.2 Å². The molecule has 2 N–H and O–H groups in total. The average Bonchev–Trinajstić information content (AvgIpc) is 2.82. The van der Waals surface area contributed by atoms with Crippen LogP contribution in [0, 0.1) is 0 Å². The lowest BCUT2D eigenvalue weighted by Gasteiger charge is -2.22. The number of amides is 1. The third kappa shape index (κ3) is 7.52. The van der Waals surface area contributed by atoms with Crippen molar-refractivity contribution < 1.29 is 9.53 Å². The monoisotopic (exact) mass is 431 g/mol. The number of ether oxygens (including phenoxy) is 1. The first-order valence-corrected chi connectivity index (χ1v) is 11.1. The van der Waals surface area contributed by atoms with E-state index in [2.05, 4.69) is 34.9 Å². The highest BCUT2D eigenvalue weighted by Crippen LogP contribution is 2.30. The molecule has 5 nitrogen and oxygen atoms in total. The first kappa shape index (κ1) is 23.5. The van der Waals surface area contributed by atoms with Crippen LogP contribution in [0.3, 0.4) is 0 Å². The quantitative estimate of drug-likeness (QED) is 0.442. The molecule has 0 aliphatic rings. The van der Waals surface area contributed by atoms with E-state index in [1.54, 1.807) is 0 Å². The molecule has 0 heterocycles. The number of benzene rings is 3. The number of likely N-dealkylation sites (N-methyl/N-ethyl adjacent to an activating group) is 1. The Morgan fingerprint density at radius 1 is 0.938 bits per heavy atom. The van der Waals surface area contributed by atoms with Gasteiger partial charge in [0, 0.05) is 13.0 Å². The molecule has 1 amide bonds. The lowest BCUT2D eigenvalue weighted by Crippen LogP contribution is -2.31. The molecule has 3 aromatic rings. The van der Waals surface area contributed by atoms with Gasteiger partial charge in [-0.1, -0.05) is 72.8 Å². The van der Waals surface area contributed by atoms with E-state index in [4.69, 9.17) is 4.74 Å². The molecule has 0 spiro atoms. The maximum atomic E-state index is 12.7. The van der Waals surface area contributed by atoms with Crippen LogP contribution >= 0.6 is 0 Å². The normalized spacial score (nSPS) is 11.8. The van der Waals surface area contributed by atoms with Crippen LogP contribution in [0.4, 0.5) is 5.69 Å². The van der Waals surface area contributed by atoms with Crippen LogP contribution in [0.15, 0.2) is 84.9 Å². The van der Waals surface area contributed by atoms with Gasteiger partial charge in [-0.15, -0.1) is 0 Å². The summed E-state index contributed by atoms with van der Waals surface area (Å²) in [6.07, 6.45) is 1.63. The molecule has 0 fully saturated rings. The van der Waals surface area contributed by atoms with Gasteiger partial charge >= 0.3 is 0 Å². The highest BCUT2D eigenvalue weighted by atomic mass is 16.5. The molecule has 0 aliphatic carbocycles. The number of hydrogen-bond acceptors (Lipinski definition) is 4. The molecule has 0 bridgehead atoms. The lowest BCUT2D eigenvalue weighted by molar-refractivity contribution is -0.117. The number of nitrogens with one attached hydrogen (secondary N) is 2. The van der Waals surface area contributed by atoms with Gasteiger partial charge in [-0.05, 0) is 50.3 Å². The van der Waals surface area contributed by atoms with Crippen LogP contribution in [-0.2, 0) is 11.2 Å². The predicted octanol–water partition coefficient (Wildman–Crippen LogP) is 4.53. The summed E-state index contributed by atoms with van der Waals surface area (Å²) in [5.41, 5.74) is 3.08. The number of para-hydroxylation sites is 2. The molecule has 0 saturated carbocycles. The summed E-state index contributed by atoms with van der Waals surface area (Å²) in [6.45, 7) is 1.97. The molecule has 0 aromatic heterocycles. The average molecular weight is 432 g/mol. The van der Waals surface area contributed by atoms with Crippen LogP contribution in [0.5, 0.6) is 5.75 Å². The van der Waals surface area contributed by atoms with Gasteiger partial charge in [0.1, 0.15) is 11.9 Å². The zero-order valence-corrected chi connectivity index (χ0v) is 19.0. The molecule has 0 saturated heterocycles. The summed E-state index contributed by atoms with van der Waals surface area (Å²) >= 11 is 0. The minimum Gasteiger partial charge on any atom is -0.484 e. The summed E-state index contributed by atoms with van der Waals surface area (Å²) < 4.78 is 6.38. The first-order chi connectivity index (χ1) is 15.7. The summed E-state index contributed by atoms with van der Waals surface area (Å²) in [5.74, 6) is 0.626. The molecule has 0 radical (unpaired) electrons. The van der Waals surface area contributed by atoms with E-state index in [9.17, 15) is 4.79 Å². The smallest absolute Gasteiger partial charge is 0.238 e. The zero-order valence-electron chi connectivity index (χ0n) is 19.0. The topological polar surface area (TPSA) is 53.6 Å². The van der Waals surface area contributed by atoms with Crippen molar-refractivity contribution in [2.75, 3.05) is 39.0 Å². The van der Waals surface area contributed by atoms with Crippen molar-refractivity contribution in [2.24, 2.45) is 0 Å². The van der Waals surface area contributed by atoms with Crippen molar-refractivity contribution in [3.8, 4) is 5.75 Å². The van der Waals surface area contributed by atoms with Crippen LogP contribution < -0.4 is 15.4 Å². The second kappa shape index (κ2) is 12.6. The molecule has 0 aliphatic heterocycles. The molecular weight excluding hydrogens is 398 g/mol. The Kier molecular flexibility index (Phi) is 9.29. The Labute approximate surface area is 191 Å². The number of rotatable bonds is 12. The number of hydrogen-bond donors (Lipinski definition) is 2. The van der Waals surface area contributed by atoms with Gasteiger partial charge in [0.15, 0.2) is 0 Å². The third-order valence-corrected chi connectivity index (χ3v) is 5.30. The minimum absolute atomic E-state index is 0.0527. The zero-order chi connectivity index (χ0) is 22.6. The maximum Gasteiger partial charge on any atom is 0.238 e. The SMILES string of the molecule is CNCCC(Oc1ccccc1NC(=O)CN(C)CCc1ccccc1)c1ccccc1. The second-order valence-electron chi connectivity index (χ2n) is 7.93. The second-order valence-corrected chi connectivity index (χ2v) is 7.93. The molecule has 3 rings (SSSR count). The van der Waals surface area contributed by atoms with E-state index in [0.717, 1.165) is 31.5 Å². The number of carbonyl (C=O) groups is 1. The Bertz CT molecular complexity index is 947. The molecular formula is C27H33N3O2. The molecule has 5 heteroatoms. The summed E-state index contributed by atoms with van der Waals surface area (Å²) in [4.78, 5) is 14.7. The van der Waals surface area contributed by atoms with Crippen molar-refractivity contribution in [3.05, 3.63) is 96.1 Å². The third-order valence-electron chi connectivity index (χ3n) is 5.30. The number of nitrogens with zero attached hydrogens (tertiary/aromatic N) is 1. The van der Waals surface area contributed by atoms with Crippen LogP contribution in [0.25, 0.3) is 0 Å². The van der Waals surface area contributed by atoms with Gasteiger partial charge in [-0.25, -0.2) is 0 Å². The van der Waals surface area contributed by atoms with Crippen molar-refractivity contribution in [3.63, 3.8) is 0 Å². The molecule has 1 atom stereocenters. The maximum absolute atomic E-state index is 12.7. The fraction of sp³-hybridized carbons (Fsp3) is 0.296. The highest BCUT2D eigenvalue weighted by molar-refractivity contribution is 5.93. The van der Waals surface area contributed by atoms with Crippen molar-refractivity contribution in [1.82, 2.24) is 10.2 Å². The van der Waals surface area contributed by atoms with E-state index in [-0.39, 0.29) is 12.0 Å². The highest BCUT2D eigenvalue weighted by Gasteiger charge is 2.16. The Hall–Kier alpha value is -3.15. The summed E-state index contributed by atoms with van der Waals surface area (Å²) in [6, 6.07) is 28.1. The largest absolute Gasteiger partial charge is 0.484 e. The van der Waals surface area contributed by atoms with E-state index >= 15 is 0 Å². The van der Waals surface area contributed by atoms with E-state index in [1.807, 2.05) is 79.7 Å². The standard InChI is InChI=1S/C27H33N3O2/c1-28-19-17-25(23-13-7-4-8-14-23)32-26-16-10-9-15-24(26)29-27(31)21-30(2)20-18-22-11-5-3-6-12-22/h3-16,25,28H,17-21H2,1-2H3,(H,29,31). The fourth-order valence-electron chi connectivity index (χ4n) is 3.54. The number of carbonyl (C=O) groups excluding carboxylic acids is 1.